The van der Waals surface area contributed by atoms with Crippen LogP contribution in [0.25, 0.3) is 0 Å². The Morgan fingerprint density at radius 3 is 2.56 bits per heavy atom. The molecule has 1 aromatic rings. The quantitative estimate of drug-likeness (QED) is 0.745. The molecule has 0 N–H and O–H groups in total. The Balaban J connectivity index is 1.99. The zero-order chi connectivity index (χ0) is 13.1. The van der Waals surface area contributed by atoms with Crippen LogP contribution in [0.5, 0.6) is 0 Å². The van der Waals surface area contributed by atoms with Crippen LogP contribution in [0, 0.1) is 5.95 Å². The summed E-state index contributed by atoms with van der Waals surface area (Å²) in [5.41, 5.74) is 0.375. The second-order valence-corrected chi connectivity index (χ2v) is 4.79. The Labute approximate surface area is 106 Å². The first-order chi connectivity index (χ1) is 8.58. The summed E-state index contributed by atoms with van der Waals surface area (Å²) >= 11 is 0. The minimum Gasteiger partial charge on any atom is -0.336 e. The van der Waals surface area contributed by atoms with Gasteiger partial charge in [-0.2, -0.15) is 4.39 Å². The zero-order valence-corrected chi connectivity index (χ0v) is 10.8. The third kappa shape index (κ3) is 2.85. The van der Waals surface area contributed by atoms with Crippen LogP contribution in [0.4, 0.5) is 4.39 Å². The fourth-order valence-electron chi connectivity index (χ4n) is 2.16. The van der Waals surface area contributed by atoms with Gasteiger partial charge in [0.1, 0.15) is 0 Å². The summed E-state index contributed by atoms with van der Waals surface area (Å²) in [5.74, 6) is -0.721. The number of aromatic nitrogens is 1. The number of piperazine rings is 1. The van der Waals surface area contributed by atoms with Gasteiger partial charge in [0.2, 0.25) is 5.95 Å². The van der Waals surface area contributed by atoms with Gasteiger partial charge in [-0.3, -0.25) is 9.69 Å². The van der Waals surface area contributed by atoms with Gasteiger partial charge in [0.05, 0.1) is 0 Å². The average molecular weight is 251 g/mol. The Kier molecular flexibility index (Phi) is 3.91. The lowest BCUT2D eigenvalue weighted by atomic mass is 10.2. The summed E-state index contributed by atoms with van der Waals surface area (Å²) in [6, 6.07) is 3.25. The van der Waals surface area contributed by atoms with E-state index in [1.165, 1.54) is 12.3 Å². The van der Waals surface area contributed by atoms with Gasteiger partial charge >= 0.3 is 0 Å². The predicted molar refractivity (Wildman–Crippen MR) is 66.8 cm³/mol. The smallest absolute Gasteiger partial charge is 0.254 e. The molecule has 1 aliphatic heterocycles. The molecule has 4 nitrogen and oxygen atoms in total. The third-order valence-corrected chi connectivity index (χ3v) is 3.31. The van der Waals surface area contributed by atoms with Gasteiger partial charge < -0.3 is 4.90 Å². The molecule has 5 heteroatoms. The van der Waals surface area contributed by atoms with Crippen molar-refractivity contribution < 1.29 is 9.18 Å². The summed E-state index contributed by atoms with van der Waals surface area (Å²) in [5, 5.41) is 0. The Bertz CT molecular complexity index is 428. The maximum Gasteiger partial charge on any atom is 0.254 e. The van der Waals surface area contributed by atoms with Crippen LogP contribution in [-0.2, 0) is 0 Å². The highest BCUT2D eigenvalue weighted by atomic mass is 19.1. The molecule has 2 rings (SSSR count). The van der Waals surface area contributed by atoms with Gasteiger partial charge in [0.15, 0.2) is 0 Å². The van der Waals surface area contributed by atoms with E-state index in [0.717, 1.165) is 13.1 Å². The fraction of sp³-hybridized carbons (Fsp3) is 0.538. The van der Waals surface area contributed by atoms with E-state index in [1.54, 1.807) is 11.0 Å². The van der Waals surface area contributed by atoms with Crippen molar-refractivity contribution in [1.82, 2.24) is 14.8 Å². The number of carbonyl (C=O) groups is 1. The van der Waals surface area contributed by atoms with Crippen molar-refractivity contribution in [2.24, 2.45) is 0 Å². The van der Waals surface area contributed by atoms with E-state index in [4.69, 9.17) is 0 Å². The fourth-order valence-corrected chi connectivity index (χ4v) is 2.16. The number of halogens is 1. The van der Waals surface area contributed by atoms with Crippen LogP contribution in [0.2, 0.25) is 0 Å². The van der Waals surface area contributed by atoms with E-state index < -0.39 is 5.95 Å². The number of carbonyl (C=O) groups excluding carboxylic acids is 1. The van der Waals surface area contributed by atoms with Crippen LogP contribution in [0.3, 0.4) is 0 Å². The summed E-state index contributed by atoms with van der Waals surface area (Å²) in [4.78, 5) is 19.7. The summed E-state index contributed by atoms with van der Waals surface area (Å²) in [6.45, 7) is 7.43. The van der Waals surface area contributed by atoms with E-state index in [-0.39, 0.29) is 5.91 Å². The molecule has 1 amide bonds. The van der Waals surface area contributed by atoms with Crippen molar-refractivity contribution in [2.75, 3.05) is 26.2 Å². The molecule has 1 aliphatic rings. The average Bonchev–Trinajstić information content (AvgIpc) is 2.38. The first-order valence-corrected chi connectivity index (χ1v) is 6.23. The number of hydrogen-bond donors (Lipinski definition) is 0. The molecule has 0 spiro atoms. The summed E-state index contributed by atoms with van der Waals surface area (Å²) in [7, 11) is 0. The maximum atomic E-state index is 13.0. The minimum atomic E-state index is -0.610. The minimum absolute atomic E-state index is 0.111. The molecule has 0 aromatic carbocycles. The molecule has 0 bridgehead atoms. The molecule has 18 heavy (non-hydrogen) atoms. The third-order valence-electron chi connectivity index (χ3n) is 3.31. The topological polar surface area (TPSA) is 36.4 Å². The SMILES string of the molecule is CC(C)N1CCN(C(=O)c2ccnc(F)c2)CC1. The number of nitrogens with zero attached hydrogens (tertiary/aromatic N) is 3. The molecule has 1 fully saturated rings. The van der Waals surface area contributed by atoms with Crippen LogP contribution in [-0.4, -0.2) is 52.9 Å². The highest BCUT2D eigenvalue weighted by Gasteiger charge is 2.23. The van der Waals surface area contributed by atoms with Crippen molar-refractivity contribution in [3.8, 4) is 0 Å². The van der Waals surface area contributed by atoms with Crippen molar-refractivity contribution in [3.63, 3.8) is 0 Å². The van der Waals surface area contributed by atoms with E-state index in [0.29, 0.717) is 24.7 Å². The summed E-state index contributed by atoms with van der Waals surface area (Å²) in [6.07, 6.45) is 1.33. The molecule has 0 unspecified atom stereocenters. The second kappa shape index (κ2) is 5.44. The molecule has 0 atom stereocenters. The molecule has 0 radical (unpaired) electrons. The highest BCUT2D eigenvalue weighted by Crippen LogP contribution is 2.10. The number of rotatable bonds is 2. The van der Waals surface area contributed by atoms with Crippen molar-refractivity contribution in [2.45, 2.75) is 19.9 Å². The summed E-state index contributed by atoms with van der Waals surface area (Å²) < 4.78 is 13.0. The number of amides is 1. The van der Waals surface area contributed by atoms with Crippen LogP contribution in [0.15, 0.2) is 18.3 Å². The first kappa shape index (κ1) is 13.0. The predicted octanol–water partition coefficient (Wildman–Crippen LogP) is 1.39. The van der Waals surface area contributed by atoms with Crippen molar-refractivity contribution in [3.05, 3.63) is 29.8 Å². The molecular formula is C13H18FN3O. The Hall–Kier alpha value is -1.49. The van der Waals surface area contributed by atoms with Crippen molar-refractivity contribution >= 4 is 5.91 Å². The largest absolute Gasteiger partial charge is 0.336 e. The number of hydrogen-bond acceptors (Lipinski definition) is 3. The van der Waals surface area contributed by atoms with Gasteiger partial charge in [-0.25, -0.2) is 4.98 Å². The lowest BCUT2D eigenvalue weighted by molar-refractivity contribution is 0.0595. The molecule has 98 valence electrons. The van der Waals surface area contributed by atoms with Gasteiger partial charge in [-0.15, -0.1) is 0 Å². The van der Waals surface area contributed by atoms with Gasteiger partial charge in [-0.1, -0.05) is 0 Å². The Morgan fingerprint density at radius 2 is 2.00 bits per heavy atom. The molecule has 0 aliphatic carbocycles. The van der Waals surface area contributed by atoms with E-state index in [2.05, 4.69) is 23.7 Å². The molecular weight excluding hydrogens is 233 g/mol. The second-order valence-electron chi connectivity index (χ2n) is 4.79. The molecule has 1 saturated heterocycles. The monoisotopic (exact) mass is 251 g/mol. The van der Waals surface area contributed by atoms with E-state index >= 15 is 0 Å². The standard InChI is InChI=1S/C13H18FN3O/c1-10(2)16-5-7-17(8-6-16)13(18)11-3-4-15-12(14)9-11/h3-4,9-10H,5-8H2,1-2H3. The van der Waals surface area contributed by atoms with Gasteiger partial charge in [0.25, 0.3) is 5.91 Å². The zero-order valence-electron chi connectivity index (χ0n) is 10.8. The molecule has 1 aromatic heterocycles. The Morgan fingerprint density at radius 1 is 1.33 bits per heavy atom. The van der Waals surface area contributed by atoms with Crippen molar-refractivity contribution in [1.29, 1.82) is 0 Å². The normalized spacial score (nSPS) is 17.2. The number of pyridine rings is 1. The van der Waals surface area contributed by atoms with Crippen LogP contribution >= 0.6 is 0 Å². The lowest BCUT2D eigenvalue weighted by Crippen LogP contribution is -2.50. The van der Waals surface area contributed by atoms with Gasteiger partial charge in [-0.05, 0) is 19.9 Å². The first-order valence-electron chi connectivity index (χ1n) is 6.23. The van der Waals surface area contributed by atoms with E-state index in [9.17, 15) is 9.18 Å². The highest BCUT2D eigenvalue weighted by molar-refractivity contribution is 5.94. The maximum absolute atomic E-state index is 13.0. The van der Waals surface area contributed by atoms with Gasteiger partial charge in [0, 0.05) is 50.0 Å². The lowest BCUT2D eigenvalue weighted by Gasteiger charge is -2.36. The van der Waals surface area contributed by atoms with Crippen LogP contribution < -0.4 is 0 Å². The van der Waals surface area contributed by atoms with Crippen LogP contribution in [0.1, 0.15) is 24.2 Å². The molecule has 0 saturated carbocycles. The molecule has 2 heterocycles. The van der Waals surface area contributed by atoms with E-state index in [1.807, 2.05) is 0 Å².